The molecule has 4 N–H and O–H groups in total. The van der Waals surface area contributed by atoms with Crippen LogP contribution >= 0.6 is 56.2 Å². The first-order chi connectivity index (χ1) is 51.7. The van der Waals surface area contributed by atoms with Crippen LogP contribution in [0.15, 0.2) is 110 Å². The number of esters is 1. The third kappa shape index (κ3) is 26.5. The molecule has 9 aromatic rings. The number of carbonyl (C=O) groups excluding carboxylic acids is 2. The number of hydrogen-bond acceptors (Lipinski definition) is 30. The quantitative estimate of drug-likeness (QED) is 0.00754. The third-order valence-corrected chi connectivity index (χ3v) is 22.0. The molecule has 9 heterocycles. The topological polar surface area (TPSA) is 404 Å². The van der Waals surface area contributed by atoms with E-state index in [0.29, 0.717) is 95.3 Å². The van der Waals surface area contributed by atoms with Crippen molar-refractivity contribution in [3.05, 3.63) is 142 Å². The fourth-order valence-electron chi connectivity index (χ4n) is 12.1. The van der Waals surface area contributed by atoms with E-state index in [-0.39, 0.29) is 172 Å². The van der Waals surface area contributed by atoms with Crippen LogP contribution in [0.5, 0.6) is 0 Å². The van der Waals surface area contributed by atoms with Gasteiger partial charge in [0, 0.05) is 72.1 Å². The molecule has 12 rings (SSSR count). The zero-order valence-electron chi connectivity index (χ0n) is 65.1. The number of anilines is 3. The molecular weight excluding hydrogens is 1620 g/mol. The van der Waals surface area contributed by atoms with Crippen molar-refractivity contribution in [2.24, 2.45) is 5.92 Å². The fraction of sp³-hybridized carbons (Fsp3) is 0.500. The summed E-state index contributed by atoms with van der Waals surface area (Å²) in [4.78, 5) is 55.4. The Morgan fingerprint density at radius 3 is 1.09 bits per heavy atom. The second-order valence-corrected chi connectivity index (χ2v) is 39.7. The van der Waals surface area contributed by atoms with Gasteiger partial charge < -0.3 is 93.6 Å². The standard InChI is InChI=1S/C25H33ClN5O5P.2C22H29ClN5O5P.CH2O3.2K.H/c1-16-20(15-34-11-12-37(4,5)33)36-24(21(16)35-17(2)32)31-23-19(13-27-31)22(28-25(26)29-23)30(3)14-18-9-7-6-8-10-18;2*1-27(12-14-7-5-4-6-8-14)19-15-11-24-28(20(15)26-22(23)25-19)21-18(30)17(29)16(33-21)13-32-9-10-34(2,3)31;2-1-4-3;;;/h6-10,13,16,20-21,24H,11-12,14-15H2,1-5H3;2*4-8,11,16-18,21,29-30H,9-10,12-13H2,1-3H3;1,3H;;;/q;;;;2*+1;-1/p-1/t16-,20-,21?,24?;16-,17-,18-,21+;16-,17-,18-,21-;;;;/m111..../s1. The number of halogens is 3. The Hall–Kier alpha value is -3.96. The summed E-state index contributed by atoms with van der Waals surface area (Å²) < 4.78 is 80.7. The minimum atomic E-state index is -2.20. The summed E-state index contributed by atoms with van der Waals surface area (Å²) >= 11 is 18.8. The van der Waals surface area contributed by atoms with Crippen molar-refractivity contribution >= 4 is 119 Å². The summed E-state index contributed by atoms with van der Waals surface area (Å²) in [6.45, 7) is 16.5. The molecule has 12 atom stereocenters. The van der Waals surface area contributed by atoms with E-state index < -0.39 is 88.8 Å². The van der Waals surface area contributed by atoms with Gasteiger partial charge in [-0.3, -0.25) is 9.59 Å². The number of aliphatic hydroxyl groups excluding tert-OH is 4. The van der Waals surface area contributed by atoms with Crippen LogP contribution in [-0.4, -0.2) is 260 Å². The number of rotatable bonds is 29. The maximum Gasteiger partial charge on any atom is 1.00 e. The van der Waals surface area contributed by atoms with E-state index in [2.05, 4.69) is 50.1 Å². The molecule has 111 heavy (non-hydrogen) atoms. The van der Waals surface area contributed by atoms with Gasteiger partial charge in [0.2, 0.25) is 15.9 Å². The number of hydrogen-bond donors (Lipinski definition) is 4. The van der Waals surface area contributed by atoms with Gasteiger partial charge in [-0.05, 0) is 91.5 Å². The molecule has 0 saturated carbocycles. The zero-order valence-corrected chi connectivity index (χ0v) is 75.3. The molecule has 2 unspecified atom stereocenters. The number of nitrogens with zero attached hydrogens (tertiary/aromatic N) is 15. The average Bonchev–Trinajstić information content (AvgIpc) is 1.67. The van der Waals surface area contributed by atoms with Crippen molar-refractivity contribution in [2.75, 3.05) is 134 Å². The van der Waals surface area contributed by atoms with E-state index in [4.69, 9.17) is 78.0 Å². The SMILES string of the molecule is CC(=O)OC1C(n2ncc3c(N(C)Cc4ccccc4)nc(Cl)nc32)O[C@H](COCCP(C)(C)=O)[C@H]1C.CN(Cc1ccccc1)c1nc(Cl)nc2c1cnn2[C@@H]1O[C@H](COCCP(C)(C)=O)[C@@H](O)[C@H]1O.CN(Cc1ccccc1)c1nc(Cl)nc2c1cnn2[C@H]1O[C@H](COCCP(C)(C)=O)[C@@H](O)[C@H]1O.O=CO[O-].[H-].[K+].[K+]. The van der Waals surface area contributed by atoms with Gasteiger partial charge in [-0.2, -0.15) is 45.2 Å². The summed E-state index contributed by atoms with van der Waals surface area (Å²) in [5.41, 5.74) is 4.56. The van der Waals surface area contributed by atoms with Crippen LogP contribution in [0.3, 0.4) is 0 Å². The van der Waals surface area contributed by atoms with Gasteiger partial charge >= 0.3 is 109 Å². The normalized spacial score (nSPS) is 21.6. The molecule has 0 aliphatic carbocycles. The van der Waals surface area contributed by atoms with Gasteiger partial charge in [-0.15, -0.1) is 0 Å². The molecule has 0 amide bonds. The van der Waals surface area contributed by atoms with Crippen molar-refractivity contribution in [1.29, 1.82) is 0 Å². The van der Waals surface area contributed by atoms with Gasteiger partial charge in [0.05, 0.1) is 102 Å². The maximum atomic E-state index is 12.0. The molecule has 3 aliphatic heterocycles. The van der Waals surface area contributed by atoms with Gasteiger partial charge in [0.25, 0.3) is 6.47 Å². The number of carbonyl (C=O) groups is 2. The van der Waals surface area contributed by atoms with Gasteiger partial charge in [-0.25, -0.2) is 14.0 Å². The summed E-state index contributed by atoms with van der Waals surface area (Å²) in [6, 6.07) is 29.9. The minimum absolute atomic E-state index is 0. The van der Waals surface area contributed by atoms with Crippen molar-refractivity contribution in [1.82, 2.24) is 59.2 Å². The van der Waals surface area contributed by atoms with Gasteiger partial charge in [0.1, 0.15) is 54.1 Å². The molecule has 33 nitrogen and oxygen atoms in total. The summed E-state index contributed by atoms with van der Waals surface area (Å²) in [7, 11) is -0.848. The van der Waals surface area contributed by atoms with E-state index in [0.717, 1.165) is 16.7 Å². The van der Waals surface area contributed by atoms with Crippen LogP contribution in [0.4, 0.5) is 17.5 Å². The Morgan fingerprint density at radius 1 is 0.514 bits per heavy atom. The Balaban J connectivity index is 0.000000252. The molecule has 3 fully saturated rings. The second kappa shape index (κ2) is 43.5. The van der Waals surface area contributed by atoms with E-state index in [1.54, 1.807) is 63.3 Å². The summed E-state index contributed by atoms with van der Waals surface area (Å²) in [6.07, 6.45) is -3.88. The van der Waals surface area contributed by atoms with Crippen molar-refractivity contribution in [2.45, 2.75) is 101 Å². The maximum absolute atomic E-state index is 12.0. The minimum Gasteiger partial charge on any atom is -1.00 e. The van der Waals surface area contributed by atoms with Crippen molar-refractivity contribution < 1.29 is 191 Å². The van der Waals surface area contributed by atoms with Crippen LogP contribution in [0.25, 0.3) is 33.1 Å². The molecular formula is C70H93Cl3K2N15O18P3. The predicted molar refractivity (Wildman–Crippen MR) is 411 cm³/mol. The smallest absolute Gasteiger partial charge is 1.00 e. The number of fused-ring (bicyclic) bond motifs is 3. The van der Waals surface area contributed by atoms with Crippen molar-refractivity contribution in [3.63, 3.8) is 0 Å². The Kier molecular flexibility index (Phi) is 36.9. The second-order valence-electron chi connectivity index (χ2n) is 27.9. The third-order valence-electron chi connectivity index (χ3n) is 17.7. The number of benzene rings is 3. The van der Waals surface area contributed by atoms with Gasteiger partial charge in [-0.1, -0.05) is 97.9 Å². The van der Waals surface area contributed by atoms with Crippen LogP contribution in [-0.2, 0) is 81.0 Å². The van der Waals surface area contributed by atoms with Crippen LogP contribution in [0.1, 0.15) is 50.6 Å². The summed E-state index contributed by atoms with van der Waals surface area (Å²) in [5, 5.41) is 66.2. The Bertz CT molecular complexity index is 4450. The fourth-order valence-corrected chi connectivity index (χ4v) is 14.3. The molecule has 0 spiro atoms. The van der Waals surface area contributed by atoms with E-state index in [1.165, 1.54) is 16.3 Å². The monoisotopic (exact) mass is 1710 g/mol. The Morgan fingerprint density at radius 2 is 0.802 bits per heavy atom. The van der Waals surface area contributed by atoms with Gasteiger partial charge in [0.15, 0.2) is 41.7 Å². The van der Waals surface area contributed by atoms with Crippen LogP contribution in [0, 0.1) is 5.92 Å². The Labute approximate surface area is 744 Å². The molecule has 3 aliphatic rings. The number of aliphatic hydroxyl groups is 4. The first-order valence-electron chi connectivity index (χ1n) is 34.6. The molecule has 0 radical (unpaired) electrons. The largest absolute Gasteiger partial charge is 1.00 e. The van der Waals surface area contributed by atoms with Crippen molar-refractivity contribution in [3.8, 4) is 0 Å². The zero-order chi connectivity index (χ0) is 79.1. The number of aromatic nitrogens is 12. The predicted octanol–water partition coefficient (Wildman–Crippen LogP) is 1.53. The molecule has 3 aromatic carbocycles. The molecule has 0 bridgehead atoms. The first kappa shape index (κ1) is 94.2. The average molecular weight is 1710 g/mol. The summed E-state index contributed by atoms with van der Waals surface area (Å²) in [5.74, 6) is 1.20. The van der Waals surface area contributed by atoms with E-state index in [1.807, 2.05) is 134 Å². The van der Waals surface area contributed by atoms with Crippen LogP contribution in [0.2, 0.25) is 15.9 Å². The number of ether oxygens (including phenoxy) is 7. The van der Waals surface area contributed by atoms with Crippen LogP contribution < -0.4 is 123 Å². The molecule has 3 saturated heterocycles. The van der Waals surface area contributed by atoms with E-state index >= 15 is 0 Å². The first-order valence-corrected chi connectivity index (χ1v) is 44.1. The van der Waals surface area contributed by atoms with E-state index in [9.17, 15) is 38.9 Å². The molecule has 41 heteroatoms. The molecule has 6 aromatic heterocycles. The molecule has 594 valence electrons.